The van der Waals surface area contributed by atoms with E-state index in [9.17, 15) is 9.90 Å². The number of β-amino-alcohol motifs (C(OH)–C–C–N with tert-alkyl or cyclic N) is 1. The minimum atomic E-state index is -0.432. The fourth-order valence-electron chi connectivity index (χ4n) is 2.42. The summed E-state index contributed by atoms with van der Waals surface area (Å²) >= 11 is 0. The summed E-state index contributed by atoms with van der Waals surface area (Å²) in [7, 11) is 0. The highest BCUT2D eigenvalue weighted by Crippen LogP contribution is 2.21. The van der Waals surface area contributed by atoms with Crippen molar-refractivity contribution in [1.82, 2.24) is 9.80 Å². The van der Waals surface area contributed by atoms with Crippen LogP contribution in [-0.2, 0) is 4.79 Å². The van der Waals surface area contributed by atoms with Crippen LogP contribution in [0.3, 0.4) is 0 Å². The highest BCUT2D eigenvalue weighted by atomic mass is 16.3. The molecule has 0 aromatic heterocycles. The van der Waals surface area contributed by atoms with Crippen LogP contribution < -0.4 is 0 Å². The first-order chi connectivity index (χ1) is 6.70. The van der Waals surface area contributed by atoms with Crippen molar-refractivity contribution < 1.29 is 9.90 Å². The van der Waals surface area contributed by atoms with Gasteiger partial charge >= 0.3 is 0 Å². The molecule has 80 valence electrons. The van der Waals surface area contributed by atoms with Crippen LogP contribution in [0.4, 0.5) is 0 Å². The van der Waals surface area contributed by atoms with Crippen LogP contribution in [0.1, 0.15) is 19.8 Å². The molecule has 0 bridgehead atoms. The zero-order chi connectivity index (χ0) is 10.1. The van der Waals surface area contributed by atoms with Gasteiger partial charge in [0.05, 0.1) is 12.5 Å². The van der Waals surface area contributed by atoms with Crippen molar-refractivity contribution >= 4 is 5.91 Å². The molecule has 14 heavy (non-hydrogen) atoms. The first kappa shape index (κ1) is 9.93. The van der Waals surface area contributed by atoms with E-state index < -0.39 is 6.10 Å². The maximum absolute atomic E-state index is 11.5. The number of rotatable bonds is 2. The Morgan fingerprint density at radius 1 is 1.50 bits per heavy atom. The lowest BCUT2D eigenvalue weighted by molar-refractivity contribution is -0.129. The average Bonchev–Trinajstić information content (AvgIpc) is 2.71. The molecule has 2 rings (SSSR count). The molecule has 2 aliphatic heterocycles. The lowest BCUT2D eigenvalue weighted by Crippen LogP contribution is -2.39. The molecule has 2 unspecified atom stereocenters. The first-order valence-corrected chi connectivity index (χ1v) is 5.40. The maximum atomic E-state index is 11.5. The quantitative estimate of drug-likeness (QED) is 0.661. The Balaban J connectivity index is 1.93. The number of likely N-dealkylation sites (N-methyl/N-ethyl adjacent to an activating group) is 1. The molecule has 0 radical (unpaired) electrons. The summed E-state index contributed by atoms with van der Waals surface area (Å²) in [5.41, 5.74) is 0. The Labute approximate surface area is 84.5 Å². The third-order valence-corrected chi connectivity index (χ3v) is 3.27. The smallest absolute Gasteiger partial charge is 0.225 e. The molecule has 2 aliphatic rings. The molecule has 4 nitrogen and oxygen atoms in total. The number of amides is 1. The fraction of sp³-hybridized carbons (Fsp3) is 0.900. The van der Waals surface area contributed by atoms with Crippen LogP contribution in [0, 0.1) is 0 Å². The number of likely N-dealkylation sites (tertiary alicyclic amines) is 2. The highest BCUT2D eigenvalue weighted by Gasteiger charge is 2.36. The van der Waals surface area contributed by atoms with Crippen molar-refractivity contribution in [2.75, 3.05) is 26.2 Å². The van der Waals surface area contributed by atoms with Gasteiger partial charge in [-0.1, -0.05) is 6.92 Å². The summed E-state index contributed by atoms with van der Waals surface area (Å²) in [6.07, 6.45) is 0.952. The fourth-order valence-corrected chi connectivity index (χ4v) is 2.42. The second kappa shape index (κ2) is 3.87. The number of carbonyl (C=O) groups is 1. The minimum absolute atomic E-state index is 0.125. The Hall–Kier alpha value is -0.610. The summed E-state index contributed by atoms with van der Waals surface area (Å²) in [5, 5.41) is 9.38. The molecule has 0 saturated carbocycles. The molecule has 1 N–H and O–H groups in total. The molecule has 4 heteroatoms. The Bertz CT molecular complexity index is 232. The molecule has 2 heterocycles. The highest BCUT2D eigenvalue weighted by molar-refractivity contribution is 5.79. The molecule has 2 fully saturated rings. The molecule has 1 amide bonds. The van der Waals surface area contributed by atoms with Gasteiger partial charge in [0.1, 0.15) is 0 Å². The van der Waals surface area contributed by atoms with Crippen molar-refractivity contribution in [3.63, 3.8) is 0 Å². The molecule has 0 aliphatic carbocycles. The predicted molar refractivity (Wildman–Crippen MR) is 52.9 cm³/mol. The Morgan fingerprint density at radius 2 is 2.29 bits per heavy atom. The summed E-state index contributed by atoms with van der Waals surface area (Å²) in [6, 6.07) is 0.347. The number of aliphatic hydroxyl groups is 1. The van der Waals surface area contributed by atoms with Crippen molar-refractivity contribution in [3.05, 3.63) is 0 Å². The van der Waals surface area contributed by atoms with E-state index in [1.165, 1.54) is 0 Å². The average molecular weight is 198 g/mol. The van der Waals surface area contributed by atoms with Crippen molar-refractivity contribution in [2.24, 2.45) is 0 Å². The molecular formula is C10H18N2O2. The van der Waals surface area contributed by atoms with Gasteiger partial charge in [0, 0.05) is 25.7 Å². The normalized spacial score (nSPS) is 34.4. The van der Waals surface area contributed by atoms with E-state index in [-0.39, 0.29) is 5.91 Å². The summed E-state index contributed by atoms with van der Waals surface area (Å²) in [4.78, 5) is 15.7. The Kier molecular flexibility index (Phi) is 2.74. The molecule has 2 saturated heterocycles. The van der Waals surface area contributed by atoms with Crippen molar-refractivity contribution in [2.45, 2.75) is 31.9 Å². The van der Waals surface area contributed by atoms with Gasteiger partial charge in [-0.15, -0.1) is 0 Å². The third-order valence-electron chi connectivity index (χ3n) is 3.27. The summed E-state index contributed by atoms with van der Waals surface area (Å²) in [5.74, 6) is 0.125. The molecule has 0 aromatic carbocycles. The summed E-state index contributed by atoms with van der Waals surface area (Å²) in [6.45, 7) is 5.81. The summed E-state index contributed by atoms with van der Waals surface area (Å²) < 4.78 is 0. The second-order valence-electron chi connectivity index (χ2n) is 4.24. The van der Waals surface area contributed by atoms with Gasteiger partial charge in [0.25, 0.3) is 0 Å². The van der Waals surface area contributed by atoms with E-state index in [1.807, 2.05) is 4.90 Å². The predicted octanol–water partition coefficient (Wildman–Crippen LogP) is -0.326. The van der Waals surface area contributed by atoms with Crippen LogP contribution in [0.2, 0.25) is 0 Å². The lowest BCUT2D eigenvalue weighted by Gasteiger charge is -2.24. The van der Waals surface area contributed by atoms with Crippen LogP contribution in [0.25, 0.3) is 0 Å². The Morgan fingerprint density at radius 3 is 2.79 bits per heavy atom. The minimum Gasteiger partial charge on any atom is -0.391 e. The van der Waals surface area contributed by atoms with Gasteiger partial charge < -0.3 is 14.9 Å². The monoisotopic (exact) mass is 198 g/mol. The van der Waals surface area contributed by atoms with Gasteiger partial charge in [-0.3, -0.25) is 4.79 Å². The largest absolute Gasteiger partial charge is 0.391 e. The third kappa shape index (κ3) is 1.77. The topological polar surface area (TPSA) is 43.8 Å². The molecule has 2 atom stereocenters. The van der Waals surface area contributed by atoms with Crippen molar-refractivity contribution in [1.29, 1.82) is 0 Å². The van der Waals surface area contributed by atoms with E-state index in [4.69, 9.17) is 0 Å². The van der Waals surface area contributed by atoms with Crippen LogP contribution in [0.15, 0.2) is 0 Å². The van der Waals surface area contributed by atoms with E-state index in [0.717, 1.165) is 26.1 Å². The van der Waals surface area contributed by atoms with E-state index in [2.05, 4.69) is 11.8 Å². The van der Waals surface area contributed by atoms with Gasteiger partial charge in [-0.25, -0.2) is 0 Å². The SMILES string of the molecule is CCN1CCC(N2CC(O)CC2=O)C1. The second-order valence-corrected chi connectivity index (χ2v) is 4.24. The number of aliphatic hydroxyl groups excluding tert-OH is 1. The van der Waals surface area contributed by atoms with Crippen LogP contribution >= 0.6 is 0 Å². The number of nitrogens with zero attached hydrogens (tertiary/aromatic N) is 2. The van der Waals surface area contributed by atoms with Gasteiger partial charge in [0.15, 0.2) is 0 Å². The number of carbonyl (C=O) groups excluding carboxylic acids is 1. The first-order valence-electron chi connectivity index (χ1n) is 5.40. The van der Waals surface area contributed by atoms with Gasteiger partial charge in [0.2, 0.25) is 5.91 Å². The van der Waals surface area contributed by atoms with Gasteiger partial charge in [-0.05, 0) is 13.0 Å². The zero-order valence-corrected chi connectivity index (χ0v) is 8.65. The lowest BCUT2D eigenvalue weighted by atomic mass is 10.2. The van der Waals surface area contributed by atoms with Crippen LogP contribution in [-0.4, -0.2) is 59.1 Å². The maximum Gasteiger partial charge on any atom is 0.225 e. The van der Waals surface area contributed by atoms with Gasteiger partial charge in [-0.2, -0.15) is 0 Å². The van der Waals surface area contributed by atoms with Crippen LogP contribution in [0.5, 0.6) is 0 Å². The number of hydrogen-bond acceptors (Lipinski definition) is 3. The molecule has 0 spiro atoms. The standard InChI is InChI=1S/C10H18N2O2/c1-2-11-4-3-8(6-11)12-7-9(13)5-10(12)14/h8-9,13H,2-7H2,1H3. The van der Waals surface area contributed by atoms with E-state index in [1.54, 1.807) is 0 Å². The van der Waals surface area contributed by atoms with E-state index >= 15 is 0 Å². The van der Waals surface area contributed by atoms with Crippen molar-refractivity contribution in [3.8, 4) is 0 Å². The zero-order valence-electron chi connectivity index (χ0n) is 8.65. The molecular weight excluding hydrogens is 180 g/mol. The molecule has 0 aromatic rings. The van der Waals surface area contributed by atoms with E-state index in [0.29, 0.717) is 19.0 Å². The number of hydrogen-bond donors (Lipinski definition) is 1.